The molecular weight excluding hydrogens is 332 g/mol. The first-order chi connectivity index (χ1) is 9.49. The van der Waals surface area contributed by atoms with Crippen molar-refractivity contribution in [2.45, 2.75) is 18.9 Å². The first kappa shape index (κ1) is 14.6. The Hall–Kier alpha value is -1.83. The van der Waals surface area contributed by atoms with E-state index in [1.54, 1.807) is 6.07 Å². The van der Waals surface area contributed by atoms with Crippen molar-refractivity contribution in [2.75, 3.05) is 13.1 Å². The summed E-state index contributed by atoms with van der Waals surface area (Å²) in [4.78, 5) is 35.8. The third-order valence-electron chi connectivity index (χ3n) is 3.06. The zero-order chi connectivity index (χ0) is 14.7. The number of hydrogen-bond donors (Lipinski definition) is 2. The molecule has 1 unspecified atom stereocenters. The van der Waals surface area contributed by atoms with Crippen LogP contribution in [0.3, 0.4) is 0 Å². The SMILES string of the molecule is O=C(NCC(=O)N1CCCC1C(=O)O)c1ccc(Br)o1. The van der Waals surface area contributed by atoms with Crippen molar-refractivity contribution in [1.29, 1.82) is 0 Å². The lowest BCUT2D eigenvalue weighted by Crippen LogP contribution is -2.45. The van der Waals surface area contributed by atoms with Gasteiger partial charge in [0.2, 0.25) is 5.91 Å². The Balaban J connectivity index is 1.89. The Kier molecular flexibility index (Phi) is 4.43. The van der Waals surface area contributed by atoms with Crippen LogP contribution in [0.25, 0.3) is 0 Å². The van der Waals surface area contributed by atoms with Gasteiger partial charge in [-0.05, 0) is 40.9 Å². The summed E-state index contributed by atoms with van der Waals surface area (Å²) in [6.07, 6.45) is 1.10. The van der Waals surface area contributed by atoms with E-state index in [4.69, 9.17) is 9.52 Å². The molecule has 1 fully saturated rings. The van der Waals surface area contributed by atoms with E-state index in [-0.39, 0.29) is 12.3 Å². The number of furan rings is 1. The molecule has 0 radical (unpaired) electrons. The number of rotatable bonds is 4. The maximum atomic E-state index is 11.9. The molecule has 2 amide bonds. The van der Waals surface area contributed by atoms with E-state index in [2.05, 4.69) is 21.2 Å². The van der Waals surface area contributed by atoms with Gasteiger partial charge in [-0.3, -0.25) is 9.59 Å². The quantitative estimate of drug-likeness (QED) is 0.843. The van der Waals surface area contributed by atoms with Gasteiger partial charge in [-0.15, -0.1) is 0 Å². The van der Waals surface area contributed by atoms with Crippen molar-refractivity contribution in [3.63, 3.8) is 0 Å². The molecule has 0 spiro atoms. The number of carbonyl (C=O) groups excluding carboxylic acids is 2. The predicted molar refractivity (Wildman–Crippen MR) is 71.1 cm³/mol. The number of carbonyl (C=O) groups is 3. The molecule has 108 valence electrons. The fraction of sp³-hybridized carbons (Fsp3) is 0.417. The first-order valence-electron chi connectivity index (χ1n) is 6.05. The molecule has 1 saturated heterocycles. The van der Waals surface area contributed by atoms with Crippen molar-refractivity contribution in [3.8, 4) is 0 Å². The van der Waals surface area contributed by atoms with Gasteiger partial charge < -0.3 is 19.7 Å². The van der Waals surface area contributed by atoms with Crippen LogP contribution in [0.5, 0.6) is 0 Å². The minimum absolute atomic E-state index is 0.0841. The minimum atomic E-state index is -1.02. The van der Waals surface area contributed by atoms with Gasteiger partial charge in [0.25, 0.3) is 5.91 Å². The van der Waals surface area contributed by atoms with Crippen molar-refractivity contribution >= 4 is 33.7 Å². The van der Waals surface area contributed by atoms with Crippen LogP contribution in [0.15, 0.2) is 21.2 Å². The van der Waals surface area contributed by atoms with Crippen molar-refractivity contribution in [2.24, 2.45) is 0 Å². The summed E-state index contributed by atoms with van der Waals surface area (Å²) in [6.45, 7) is 0.152. The maximum absolute atomic E-state index is 11.9. The van der Waals surface area contributed by atoms with Gasteiger partial charge in [0.15, 0.2) is 10.4 Å². The summed E-state index contributed by atoms with van der Waals surface area (Å²) in [5.41, 5.74) is 0. The highest BCUT2D eigenvalue weighted by molar-refractivity contribution is 9.10. The van der Waals surface area contributed by atoms with Gasteiger partial charge in [0.1, 0.15) is 6.04 Å². The lowest BCUT2D eigenvalue weighted by molar-refractivity contribution is -0.147. The van der Waals surface area contributed by atoms with E-state index in [0.29, 0.717) is 24.1 Å². The summed E-state index contributed by atoms with van der Waals surface area (Å²) in [5.74, 6) is -1.86. The summed E-state index contributed by atoms with van der Waals surface area (Å²) in [6, 6.07) is 2.24. The van der Waals surface area contributed by atoms with E-state index in [0.717, 1.165) is 0 Å². The average Bonchev–Trinajstić information content (AvgIpc) is 3.03. The van der Waals surface area contributed by atoms with Gasteiger partial charge in [0, 0.05) is 6.54 Å². The van der Waals surface area contributed by atoms with Gasteiger partial charge >= 0.3 is 5.97 Å². The van der Waals surface area contributed by atoms with Gasteiger partial charge in [-0.25, -0.2) is 4.79 Å². The van der Waals surface area contributed by atoms with Crippen LogP contribution >= 0.6 is 15.9 Å². The van der Waals surface area contributed by atoms with Gasteiger partial charge in [-0.1, -0.05) is 0 Å². The number of carboxylic acids is 1. The molecule has 0 saturated carbocycles. The molecule has 1 aliphatic rings. The Morgan fingerprint density at radius 1 is 1.45 bits per heavy atom. The Morgan fingerprint density at radius 3 is 2.80 bits per heavy atom. The number of nitrogens with zero attached hydrogens (tertiary/aromatic N) is 1. The Labute approximate surface area is 123 Å². The molecule has 0 bridgehead atoms. The highest BCUT2D eigenvalue weighted by atomic mass is 79.9. The monoisotopic (exact) mass is 344 g/mol. The molecule has 1 aromatic heterocycles. The highest BCUT2D eigenvalue weighted by Gasteiger charge is 2.33. The van der Waals surface area contributed by atoms with Gasteiger partial charge in [0.05, 0.1) is 6.54 Å². The lowest BCUT2D eigenvalue weighted by Gasteiger charge is -2.21. The van der Waals surface area contributed by atoms with E-state index in [9.17, 15) is 14.4 Å². The third kappa shape index (κ3) is 3.19. The minimum Gasteiger partial charge on any atom is -0.480 e. The number of carboxylic acid groups (broad SMARTS) is 1. The summed E-state index contributed by atoms with van der Waals surface area (Å²) in [7, 11) is 0. The second-order valence-corrected chi connectivity index (χ2v) is 5.15. The molecule has 2 N–H and O–H groups in total. The smallest absolute Gasteiger partial charge is 0.326 e. The van der Waals surface area contributed by atoms with Crippen LogP contribution in [0.1, 0.15) is 23.4 Å². The molecule has 0 aromatic carbocycles. The number of aliphatic carboxylic acids is 1. The lowest BCUT2D eigenvalue weighted by atomic mass is 10.2. The molecule has 1 aliphatic heterocycles. The van der Waals surface area contributed by atoms with Crippen LogP contribution < -0.4 is 5.32 Å². The molecule has 0 aliphatic carbocycles. The standard InChI is InChI=1S/C12H13BrN2O5/c13-9-4-3-8(20-9)11(17)14-6-10(16)15-5-1-2-7(15)12(18)19/h3-4,7H,1-2,5-6H2,(H,14,17)(H,18,19). The number of nitrogens with one attached hydrogen (secondary N) is 1. The molecule has 2 rings (SSSR count). The predicted octanol–water partition coefficient (Wildman–Crippen LogP) is 0.848. The summed E-state index contributed by atoms with van der Waals surface area (Å²) in [5, 5.41) is 11.4. The van der Waals surface area contributed by atoms with E-state index >= 15 is 0 Å². The maximum Gasteiger partial charge on any atom is 0.326 e. The molecule has 7 nitrogen and oxygen atoms in total. The fourth-order valence-electron chi connectivity index (χ4n) is 2.10. The summed E-state index contributed by atoms with van der Waals surface area (Å²) >= 11 is 3.07. The first-order valence-corrected chi connectivity index (χ1v) is 6.84. The normalized spacial score (nSPS) is 18.1. The van der Waals surface area contributed by atoms with E-state index < -0.39 is 23.8 Å². The Bertz CT molecular complexity index is 542. The molecule has 8 heteroatoms. The van der Waals surface area contributed by atoms with Crippen molar-refractivity contribution < 1.29 is 23.9 Å². The second kappa shape index (κ2) is 6.08. The van der Waals surface area contributed by atoms with Crippen LogP contribution in [0.4, 0.5) is 0 Å². The number of likely N-dealkylation sites (tertiary alicyclic amines) is 1. The largest absolute Gasteiger partial charge is 0.480 e. The van der Waals surface area contributed by atoms with E-state index in [1.807, 2.05) is 0 Å². The van der Waals surface area contributed by atoms with Gasteiger partial charge in [-0.2, -0.15) is 0 Å². The van der Waals surface area contributed by atoms with Crippen LogP contribution in [-0.4, -0.2) is 46.9 Å². The van der Waals surface area contributed by atoms with Crippen molar-refractivity contribution in [1.82, 2.24) is 10.2 Å². The third-order valence-corrected chi connectivity index (χ3v) is 3.48. The zero-order valence-electron chi connectivity index (χ0n) is 10.5. The second-order valence-electron chi connectivity index (χ2n) is 4.37. The van der Waals surface area contributed by atoms with E-state index in [1.165, 1.54) is 11.0 Å². The average molecular weight is 345 g/mol. The highest BCUT2D eigenvalue weighted by Crippen LogP contribution is 2.17. The summed E-state index contributed by atoms with van der Waals surface area (Å²) < 4.78 is 5.46. The zero-order valence-corrected chi connectivity index (χ0v) is 12.1. The van der Waals surface area contributed by atoms with Crippen LogP contribution in [0, 0.1) is 0 Å². The number of halogens is 1. The van der Waals surface area contributed by atoms with Crippen LogP contribution in [0.2, 0.25) is 0 Å². The fourth-order valence-corrected chi connectivity index (χ4v) is 2.41. The molecular formula is C12H13BrN2O5. The molecule has 1 atom stereocenters. The number of hydrogen-bond acceptors (Lipinski definition) is 4. The Morgan fingerprint density at radius 2 is 2.20 bits per heavy atom. The topological polar surface area (TPSA) is 99.9 Å². The van der Waals surface area contributed by atoms with Crippen molar-refractivity contribution in [3.05, 3.63) is 22.6 Å². The van der Waals surface area contributed by atoms with Crippen LogP contribution in [-0.2, 0) is 9.59 Å². The molecule has 1 aromatic rings. The molecule has 2 heterocycles. The number of amides is 2. The molecule has 20 heavy (non-hydrogen) atoms.